The second-order valence-corrected chi connectivity index (χ2v) is 8.78. The van der Waals surface area contributed by atoms with Crippen LogP contribution in [-0.2, 0) is 4.79 Å². The summed E-state index contributed by atoms with van der Waals surface area (Å²) in [6, 6.07) is 21.2. The molecule has 2 aromatic heterocycles. The van der Waals surface area contributed by atoms with Crippen molar-refractivity contribution in [1.82, 2.24) is 19.4 Å². The van der Waals surface area contributed by atoms with E-state index in [1.54, 1.807) is 11.0 Å². The summed E-state index contributed by atoms with van der Waals surface area (Å²) in [4.78, 5) is 37.0. The van der Waals surface area contributed by atoms with Crippen LogP contribution in [0.5, 0.6) is 0 Å². The summed E-state index contributed by atoms with van der Waals surface area (Å²) in [5.74, 6) is 0.986. The summed E-state index contributed by atoms with van der Waals surface area (Å²) in [5, 5.41) is 2.90. The molecule has 7 heteroatoms. The molecule has 1 fully saturated rings. The molecule has 7 nitrogen and oxygen atoms in total. The Morgan fingerprint density at radius 3 is 2.59 bits per heavy atom. The molecule has 0 bridgehead atoms. The number of benzene rings is 2. The van der Waals surface area contributed by atoms with Crippen molar-refractivity contribution < 1.29 is 9.59 Å². The van der Waals surface area contributed by atoms with Gasteiger partial charge in [-0.25, -0.2) is 9.97 Å². The smallest absolute Gasteiger partial charge is 0.253 e. The standard InChI is InChI=1S/C27H27N5O2/c1-18-8-6-12-25(28-18)30-26(33)21-9-7-15-31(17-21)27(34)20-13-14-24-23(16-20)29-19(2)32(24)22-10-4-3-5-11-22/h3-6,8,10-14,16,21H,7,9,15,17H2,1-2H3,(H,28,30,33). The number of piperidine rings is 1. The van der Waals surface area contributed by atoms with Gasteiger partial charge in [0.2, 0.25) is 5.91 Å². The van der Waals surface area contributed by atoms with E-state index in [-0.39, 0.29) is 17.7 Å². The third kappa shape index (κ3) is 4.29. The Bertz CT molecular complexity index is 1360. The number of fused-ring (bicyclic) bond motifs is 1. The Morgan fingerprint density at radius 1 is 0.971 bits per heavy atom. The Morgan fingerprint density at radius 2 is 1.79 bits per heavy atom. The molecule has 2 aromatic carbocycles. The molecule has 34 heavy (non-hydrogen) atoms. The molecule has 3 heterocycles. The number of nitrogens with one attached hydrogen (secondary N) is 1. The molecule has 2 amide bonds. The number of hydrogen-bond acceptors (Lipinski definition) is 4. The lowest BCUT2D eigenvalue weighted by molar-refractivity contribution is -0.121. The lowest BCUT2D eigenvalue weighted by atomic mass is 9.96. The van der Waals surface area contributed by atoms with Crippen molar-refractivity contribution in [2.24, 2.45) is 5.92 Å². The van der Waals surface area contributed by atoms with E-state index in [2.05, 4.69) is 14.9 Å². The Hall–Kier alpha value is -4.00. The van der Waals surface area contributed by atoms with E-state index in [4.69, 9.17) is 4.98 Å². The minimum absolute atomic E-state index is 0.0694. The number of carbonyl (C=O) groups is 2. The molecule has 172 valence electrons. The van der Waals surface area contributed by atoms with Crippen LogP contribution in [0.1, 0.15) is 34.7 Å². The SMILES string of the molecule is Cc1cccc(NC(=O)C2CCCN(C(=O)c3ccc4c(c3)nc(C)n4-c3ccccc3)C2)n1. The van der Waals surface area contributed by atoms with Crippen LogP contribution in [0.25, 0.3) is 16.7 Å². The molecular formula is C27H27N5O2. The highest BCUT2D eigenvalue weighted by molar-refractivity contribution is 5.98. The maximum Gasteiger partial charge on any atom is 0.253 e. The van der Waals surface area contributed by atoms with Crippen molar-refractivity contribution in [2.75, 3.05) is 18.4 Å². The highest BCUT2D eigenvalue weighted by Crippen LogP contribution is 2.25. The van der Waals surface area contributed by atoms with E-state index in [9.17, 15) is 9.59 Å². The van der Waals surface area contributed by atoms with Crippen LogP contribution in [0.4, 0.5) is 5.82 Å². The summed E-state index contributed by atoms with van der Waals surface area (Å²) < 4.78 is 2.09. The molecule has 0 aliphatic carbocycles. The van der Waals surface area contributed by atoms with Crippen molar-refractivity contribution in [1.29, 1.82) is 0 Å². The van der Waals surface area contributed by atoms with Crippen LogP contribution >= 0.6 is 0 Å². The van der Waals surface area contributed by atoms with E-state index in [1.807, 2.05) is 74.5 Å². The topological polar surface area (TPSA) is 80.1 Å². The van der Waals surface area contributed by atoms with Gasteiger partial charge in [-0.3, -0.25) is 14.2 Å². The number of imidazole rings is 1. The zero-order chi connectivity index (χ0) is 23.7. The predicted octanol–water partition coefficient (Wildman–Crippen LogP) is 4.53. The maximum atomic E-state index is 13.3. The quantitative estimate of drug-likeness (QED) is 0.492. The van der Waals surface area contributed by atoms with E-state index in [0.29, 0.717) is 24.5 Å². The third-order valence-corrected chi connectivity index (χ3v) is 6.30. The fourth-order valence-corrected chi connectivity index (χ4v) is 4.64. The molecule has 0 saturated carbocycles. The molecule has 5 rings (SSSR count). The number of carbonyl (C=O) groups excluding carboxylic acids is 2. The normalized spacial score (nSPS) is 15.9. The van der Waals surface area contributed by atoms with Gasteiger partial charge >= 0.3 is 0 Å². The zero-order valence-corrected chi connectivity index (χ0v) is 19.4. The van der Waals surface area contributed by atoms with E-state index >= 15 is 0 Å². The van der Waals surface area contributed by atoms with Gasteiger partial charge in [0.1, 0.15) is 11.6 Å². The second kappa shape index (κ2) is 9.09. The van der Waals surface area contributed by atoms with Crippen molar-refractivity contribution in [2.45, 2.75) is 26.7 Å². The summed E-state index contributed by atoms with van der Waals surface area (Å²) in [6.07, 6.45) is 1.54. The lowest BCUT2D eigenvalue weighted by Crippen LogP contribution is -2.43. The van der Waals surface area contributed by atoms with Crippen molar-refractivity contribution in [3.63, 3.8) is 0 Å². The number of aryl methyl sites for hydroxylation is 2. The van der Waals surface area contributed by atoms with Crippen molar-refractivity contribution in [3.8, 4) is 5.69 Å². The first-order valence-electron chi connectivity index (χ1n) is 11.6. The lowest BCUT2D eigenvalue weighted by Gasteiger charge is -2.32. The number of para-hydroxylation sites is 1. The number of anilines is 1. The number of amides is 2. The van der Waals surface area contributed by atoms with Crippen LogP contribution in [0.3, 0.4) is 0 Å². The molecule has 4 aromatic rings. The number of pyridine rings is 1. The summed E-state index contributed by atoms with van der Waals surface area (Å²) >= 11 is 0. The largest absolute Gasteiger partial charge is 0.338 e. The summed E-state index contributed by atoms with van der Waals surface area (Å²) in [6.45, 7) is 4.89. The molecule has 0 spiro atoms. The average Bonchev–Trinajstić information content (AvgIpc) is 3.19. The first kappa shape index (κ1) is 21.8. The minimum Gasteiger partial charge on any atom is -0.338 e. The molecule has 1 unspecified atom stereocenters. The van der Waals surface area contributed by atoms with Crippen LogP contribution < -0.4 is 5.32 Å². The van der Waals surface area contributed by atoms with Gasteiger partial charge in [0.05, 0.1) is 17.0 Å². The van der Waals surface area contributed by atoms with E-state index in [1.165, 1.54) is 0 Å². The third-order valence-electron chi connectivity index (χ3n) is 6.30. The van der Waals surface area contributed by atoms with E-state index in [0.717, 1.165) is 41.1 Å². The molecule has 0 radical (unpaired) electrons. The monoisotopic (exact) mass is 453 g/mol. The van der Waals surface area contributed by atoms with Gasteiger partial charge in [0.25, 0.3) is 5.91 Å². The number of rotatable bonds is 4. The molecule has 1 atom stereocenters. The molecular weight excluding hydrogens is 426 g/mol. The molecule has 1 N–H and O–H groups in total. The molecule has 1 aliphatic heterocycles. The van der Waals surface area contributed by atoms with Gasteiger partial charge in [0.15, 0.2) is 0 Å². The molecule has 1 saturated heterocycles. The highest BCUT2D eigenvalue weighted by Gasteiger charge is 2.29. The number of likely N-dealkylation sites (tertiary alicyclic amines) is 1. The van der Waals surface area contributed by atoms with Gasteiger partial charge in [0, 0.05) is 30.0 Å². The minimum atomic E-state index is -0.261. The van der Waals surface area contributed by atoms with Crippen LogP contribution in [0.15, 0.2) is 66.7 Å². The Labute approximate surface area is 198 Å². The number of hydrogen-bond donors (Lipinski definition) is 1. The van der Waals surface area contributed by atoms with Crippen LogP contribution in [0.2, 0.25) is 0 Å². The molecule has 1 aliphatic rings. The van der Waals surface area contributed by atoms with Crippen LogP contribution in [-0.4, -0.2) is 44.3 Å². The van der Waals surface area contributed by atoms with Gasteiger partial charge in [-0.15, -0.1) is 0 Å². The average molecular weight is 454 g/mol. The Kier molecular flexibility index (Phi) is 5.84. The van der Waals surface area contributed by atoms with Crippen molar-refractivity contribution in [3.05, 3.63) is 83.8 Å². The number of aromatic nitrogens is 3. The van der Waals surface area contributed by atoms with Crippen molar-refractivity contribution >= 4 is 28.7 Å². The van der Waals surface area contributed by atoms with Gasteiger partial charge in [-0.1, -0.05) is 24.3 Å². The first-order valence-corrected chi connectivity index (χ1v) is 11.6. The van der Waals surface area contributed by atoms with E-state index < -0.39 is 0 Å². The summed E-state index contributed by atoms with van der Waals surface area (Å²) in [7, 11) is 0. The van der Waals surface area contributed by atoms with Gasteiger partial charge in [-0.2, -0.15) is 0 Å². The van der Waals surface area contributed by atoms with Gasteiger partial charge in [-0.05, 0) is 69.2 Å². The number of nitrogens with zero attached hydrogens (tertiary/aromatic N) is 4. The highest BCUT2D eigenvalue weighted by atomic mass is 16.2. The first-order chi connectivity index (χ1) is 16.5. The predicted molar refractivity (Wildman–Crippen MR) is 132 cm³/mol. The fraction of sp³-hybridized carbons (Fsp3) is 0.259. The Balaban J connectivity index is 1.33. The maximum absolute atomic E-state index is 13.3. The zero-order valence-electron chi connectivity index (χ0n) is 19.4. The summed E-state index contributed by atoms with van der Waals surface area (Å²) in [5.41, 5.74) is 4.21. The van der Waals surface area contributed by atoms with Gasteiger partial charge < -0.3 is 10.2 Å². The second-order valence-electron chi connectivity index (χ2n) is 8.78. The van der Waals surface area contributed by atoms with Crippen LogP contribution in [0, 0.1) is 19.8 Å². The fourth-order valence-electron chi connectivity index (χ4n) is 4.64.